The number of aromatic amines is 1. The number of esters is 1. The number of carbonyl (C=O) groups is 2. The Balaban J connectivity index is 1.14. The van der Waals surface area contributed by atoms with E-state index in [4.69, 9.17) is 0 Å². The van der Waals surface area contributed by atoms with Gasteiger partial charge in [-0.2, -0.15) is 10.1 Å². The van der Waals surface area contributed by atoms with Crippen LogP contribution in [0.4, 0.5) is 39.4 Å². The normalized spacial score (nSPS) is 12.5. The Morgan fingerprint density at radius 1 is 0.889 bits per heavy atom. The van der Waals surface area contributed by atoms with Crippen molar-refractivity contribution in [2.45, 2.75) is 18.8 Å². The lowest BCUT2D eigenvalue weighted by atomic mass is 10.2. The average molecular weight is 485 g/mol. The van der Waals surface area contributed by atoms with E-state index in [9.17, 15) is 9.59 Å². The average Bonchev–Trinajstić information content (AvgIpc) is 3.64. The molecule has 0 bridgehead atoms. The van der Waals surface area contributed by atoms with E-state index >= 15 is 0 Å². The third kappa shape index (κ3) is 5.76. The van der Waals surface area contributed by atoms with Crippen LogP contribution < -0.4 is 21.3 Å². The van der Waals surface area contributed by atoms with Crippen LogP contribution in [-0.2, 0) is 4.74 Å². The van der Waals surface area contributed by atoms with Gasteiger partial charge in [-0.25, -0.2) is 14.6 Å². The highest BCUT2D eigenvalue weighted by Gasteiger charge is 2.25. The van der Waals surface area contributed by atoms with Crippen molar-refractivity contribution >= 4 is 46.6 Å². The van der Waals surface area contributed by atoms with Gasteiger partial charge in [0.1, 0.15) is 5.82 Å². The number of urea groups is 1. The highest BCUT2D eigenvalue weighted by Crippen LogP contribution is 2.39. The first-order valence-electron chi connectivity index (χ1n) is 11.3. The van der Waals surface area contributed by atoms with Crippen molar-refractivity contribution in [1.82, 2.24) is 20.2 Å². The molecule has 2 heterocycles. The molecule has 0 unspecified atom stereocenters. The number of amides is 2. The maximum Gasteiger partial charge on any atom is 0.337 e. The Hall–Kier alpha value is -4.93. The minimum atomic E-state index is -0.437. The molecule has 0 saturated heterocycles. The molecule has 11 nitrogen and oxygen atoms in total. The number of carbonyl (C=O) groups excluding carboxylic acids is 2. The third-order valence-electron chi connectivity index (χ3n) is 5.49. The first kappa shape index (κ1) is 22.8. The molecule has 0 spiro atoms. The molecule has 2 aromatic heterocycles. The monoisotopic (exact) mass is 484 g/mol. The molecule has 11 heteroatoms. The van der Waals surface area contributed by atoms with Gasteiger partial charge in [0.2, 0.25) is 5.95 Å². The van der Waals surface area contributed by atoms with E-state index in [0.29, 0.717) is 34.6 Å². The standard InChI is InChI=1S/C25H24N8O3/c1-36-23(34)16-4-6-18(7-5-16)28-25(35)29-19-10-8-17(9-11-19)27-24-26-13-12-21(31-24)30-22-14-20(32-33-22)15-2-3-15/h4-15H,2-3H2,1H3,(H2,28,29,35)(H3,26,27,30,31,32,33). The number of nitrogens with one attached hydrogen (secondary N) is 5. The van der Waals surface area contributed by atoms with Crippen LogP contribution >= 0.6 is 0 Å². The lowest BCUT2D eigenvalue weighted by Crippen LogP contribution is -2.19. The van der Waals surface area contributed by atoms with Crippen molar-refractivity contribution in [3.8, 4) is 0 Å². The van der Waals surface area contributed by atoms with E-state index < -0.39 is 12.0 Å². The lowest BCUT2D eigenvalue weighted by Gasteiger charge is -2.10. The zero-order valence-electron chi connectivity index (χ0n) is 19.4. The van der Waals surface area contributed by atoms with Crippen molar-refractivity contribution < 1.29 is 14.3 Å². The smallest absolute Gasteiger partial charge is 0.337 e. The molecular weight excluding hydrogens is 460 g/mol. The van der Waals surface area contributed by atoms with Crippen molar-refractivity contribution in [3.63, 3.8) is 0 Å². The summed E-state index contributed by atoms with van der Waals surface area (Å²) in [6.07, 6.45) is 4.06. The van der Waals surface area contributed by atoms with Crippen LogP contribution in [0.25, 0.3) is 0 Å². The fourth-order valence-corrected chi connectivity index (χ4v) is 3.49. The van der Waals surface area contributed by atoms with Crippen molar-refractivity contribution in [2.75, 3.05) is 28.4 Å². The number of hydrogen-bond acceptors (Lipinski definition) is 8. The number of hydrogen-bond donors (Lipinski definition) is 5. The molecule has 36 heavy (non-hydrogen) atoms. The minimum Gasteiger partial charge on any atom is -0.465 e. The van der Waals surface area contributed by atoms with E-state index in [2.05, 4.69) is 46.2 Å². The Morgan fingerprint density at radius 2 is 1.56 bits per heavy atom. The number of aromatic nitrogens is 4. The molecule has 1 fully saturated rings. The molecule has 5 N–H and O–H groups in total. The molecule has 1 saturated carbocycles. The van der Waals surface area contributed by atoms with Gasteiger partial charge in [-0.1, -0.05) is 0 Å². The van der Waals surface area contributed by atoms with Crippen molar-refractivity contribution in [2.24, 2.45) is 0 Å². The summed E-state index contributed by atoms with van der Waals surface area (Å²) in [7, 11) is 1.32. The summed E-state index contributed by atoms with van der Waals surface area (Å²) in [6, 6.07) is 16.9. The van der Waals surface area contributed by atoms with Crippen LogP contribution in [0.15, 0.2) is 66.9 Å². The second kappa shape index (κ2) is 10.1. The maximum atomic E-state index is 12.3. The largest absolute Gasteiger partial charge is 0.465 e. The van der Waals surface area contributed by atoms with E-state index in [1.165, 1.54) is 20.0 Å². The number of ether oxygens (including phenoxy) is 1. The van der Waals surface area contributed by atoms with Gasteiger partial charge in [0, 0.05) is 40.9 Å². The van der Waals surface area contributed by atoms with Crippen LogP contribution in [0.3, 0.4) is 0 Å². The van der Waals surface area contributed by atoms with Crippen LogP contribution in [0, 0.1) is 0 Å². The minimum absolute atomic E-state index is 0.403. The Kier molecular flexibility index (Phi) is 6.43. The first-order chi connectivity index (χ1) is 17.6. The molecule has 0 atom stereocenters. The summed E-state index contributed by atoms with van der Waals surface area (Å²) < 4.78 is 4.66. The van der Waals surface area contributed by atoms with Gasteiger partial charge in [-0.05, 0) is 67.4 Å². The van der Waals surface area contributed by atoms with Crippen molar-refractivity contribution in [3.05, 3.63) is 78.1 Å². The fourth-order valence-electron chi connectivity index (χ4n) is 3.49. The molecule has 0 aliphatic heterocycles. The number of H-pyrrole nitrogens is 1. The van der Waals surface area contributed by atoms with Gasteiger partial charge in [-0.15, -0.1) is 0 Å². The summed E-state index contributed by atoms with van der Waals surface area (Å²) in [4.78, 5) is 32.5. The zero-order chi connectivity index (χ0) is 24.9. The van der Waals surface area contributed by atoms with Gasteiger partial charge < -0.3 is 26.0 Å². The van der Waals surface area contributed by atoms with Crippen LogP contribution in [-0.4, -0.2) is 39.3 Å². The van der Waals surface area contributed by atoms with Gasteiger partial charge in [-0.3, -0.25) is 5.10 Å². The highest BCUT2D eigenvalue weighted by molar-refractivity contribution is 6.00. The van der Waals surface area contributed by atoms with E-state index in [0.717, 1.165) is 17.2 Å². The summed E-state index contributed by atoms with van der Waals surface area (Å²) in [5.74, 6) is 1.92. The predicted molar refractivity (Wildman–Crippen MR) is 136 cm³/mol. The molecule has 4 aromatic rings. The molecule has 2 aromatic carbocycles. The Morgan fingerprint density at radius 3 is 2.22 bits per heavy atom. The molecule has 1 aliphatic carbocycles. The second-order valence-electron chi connectivity index (χ2n) is 8.22. The lowest BCUT2D eigenvalue weighted by molar-refractivity contribution is 0.0600. The summed E-state index contributed by atoms with van der Waals surface area (Å²) >= 11 is 0. The summed E-state index contributed by atoms with van der Waals surface area (Å²) in [6.45, 7) is 0. The van der Waals surface area contributed by atoms with Crippen LogP contribution in [0.2, 0.25) is 0 Å². The van der Waals surface area contributed by atoms with Gasteiger partial charge in [0.05, 0.1) is 12.7 Å². The number of methoxy groups -OCH3 is 1. The van der Waals surface area contributed by atoms with Crippen LogP contribution in [0.5, 0.6) is 0 Å². The maximum absolute atomic E-state index is 12.3. The van der Waals surface area contributed by atoms with Crippen LogP contribution in [0.1, 0.15) is 34.8 Å². The van der Waals surface area contributed by atoms with Gasteiger partial charge >= 0.3 is 12.0 Å². The summed E-state index contributed by atoms with van der Waals surface area (Å²) in [5, 5.41) is 19.2. The zero-order valence-corrected chi connectivity index (χ0v) is 19.4. The van der Waals surface area contributed by atoms with Crippen molar-refractivity contribution in [1.29, 1.82) is 0 Å². The van der Waals surface area contributed by atoms with Gasteiger partial charge in [0.25, 0.3) is 0 Å². The van der Waals surface area contributed by atoms with E-state index in [-0.39, 0.29) is 0 Å². The van der Waals surface area contributed by atoms with E-state index in [1.54, 1.807) is 60.8 Å². The second-order valence-corrected chi connectivity index (χ2v) is 8.22. The molecule has 182 valence electrons. The molecule has 5 rings (SSSR count). The topological polar surface area (TPSA) is 146 Å². The Labute approximate surface area is 206 Å². The molecule has 0 radical (unpaired) electrons. The molecule has 1 aliphatic rings. The number of benzene rings is 2. The number of anilines is 6. The number of rotatable bonds is 8. The SMILES string of the molecule is COC(=O)c1ccc(NC(=O)Nc2ccc(Nc3nccc(Nc4cc(C5CC5)[nH]n4)n3)cc2)cc1. The van der Waals surface area contributed by atoms with Gasteiger partial charge in [0.15, 0.2) is 5.82 Å². The van der Waals surface area contributed by atoms with E-state index in [1.807, 2.05) is 6.07 Å². The quantitative estimate of drug-likeness (QED) is 0.220. The third-order valence-corrected chi connectivity index (χ3v) is 5.49. The summed E-state index contributed by atoms with van der Waals surface area (Å²) in [5.41, 5.74) is 3.45. The highest BCUT2D eigenvalue weighted by atomic mass is 16.5. The predicted octanol–water partition coefficient (Wildman–Crippen LogP) is 4.99. The molecular formula is C25H24N8O3. The fraction of sp³-hybridized carbons (Fsp3) is 0.160. The Bertz CT molecular complexity index is 1360. The molecule has 2 amide bonds. The number of nitrogens with zero attached hydrogens (tertiary/aromatic N) is 3. The first-order valence-corrected chi connectivity index (χ1v) is 11.3.